The lowest BCUT2D eigenvalue weighted by Crippen LogP contribution is -2.14. The Kier molecular flexibility index (Phi) is 3.33. The molecule has 1 aromatic heterocycles. The molecule has 0 amide bonds. The van der Waals surface area contributed by atoms with Crippen molar-refractivity contribution >= 4 is 33.5 Å². The number of hydrogen-bond donors (Lipinski definition) is 0. The van der Waals surface area contributed by atoms with Crippen LogP contribution in [0.15, 0.2) is 53.3 Å². The van der Waals surface area contributed by atoms with Gasteiger partial charge in [-0.15, -0.1) is 0 Å². The average molecular weight is 379 g/mol. The van der Waals surface area contributed by atoms with E-state index in [9.17, 15) is 9.18 Å². The second-order valence-corrected chi connectivity index (χ2v) is 5.65. The molecule has 4 heteroatoms. The van der Waals surface area contributed by atoms with Gasteiger partial charge >= 0.3 is 0 Å². The number of aryl methyl sites for hydroxylation is 1. The molecule has 0 bridgehead atoms. The molecule has 0 spiro atoms. The molecule has 0 unspecified atom stereocenters. The maximum atomic E-state index is 13.1. The fourth-order valence-corrected chi connectivity index (χ4v) is 3.34. The molecule has 2 aromatic carbocycles. The topological polar surface area (TPSA) is 22.0 Å². The molecular weight excluding hydrogens is 368 g/mol. The van der Waals surface area contributed by atoms with Crippen molar-refractivity contribution in [3.63, 3.8) is 0 Å². The Bertz CT molecular complexity index is 853. The van der Waals surface area contributed by atoms with Crippen molar-refractivity contribution in [2.75, 3.05) is 0 Å². The maximum absolute atomic E-state index is 13.1. The van der Waals surface area contributed by atoms with Gasteiger partial charge in [0.05, 0.1) is 14.8 Å². The number of hydrogen-bond acceptors (Lipinski definition) is 1. The van der Waals surface area contributed by atoms with Crippen LogP contribution < -0.4 is 5.43 Å². The normalized spacial score (nSPS) is 10.9. The number of halogens is 2. The molecular formula is C16H11FINO. The zero-order valence-electron chi connectivity index (χ0n) is 10.7. The zero-order chi connectivity index (χ0) is 14.3. The van der Waals surface area contributed by atoms with Crippen molar-refractivity contribution in [2.24, 2.45) is 7.05 Å². The van der Waals surface area contributed by atoms with Crippen molar-refractivity contribution in [3.8, 4) is 11.3 Å². The Balaban J connectivity index is 2.42. The second kappa shape index (κ2) is 5.01. The summed E-state index contributed by atoms with van der Waals surface area (Å²) in [6.45, 7) is 0. The van der Waals surface area contributed by atoms with E-state index in [-0.39, 0.29) is 11.2 Å². The van der Waals surface area contributed by atoms with Gasteiger partial charge in [-0.1, -0.05) is 12.1 Å². The van der Waals surface area contributed by atoms with Gasteiger partial charge in [0, 0.05) is 12.4 Å². The first kappa shape index (κ1) is 13.3. The Morgan fingerprint density at radius 2 is 1.70 bits per heavy atom. The third-order valence-electron chi connectivity index (χ3n) is 3.37. The first-order valence-corrected chi connectivity index (χ1v) is 7.20. The quantitative estimate of drug-likeness (QED) is 0.587. The van der Waals surface area contributed by atoms with E-state index >= 15 is 0 Å². The number of pyridine rings is 1. The summed E-state index contributed by atoms with van der Waals surface area (Å²) in [6, 6.07) is 13.7. The van der Waals surface area contributed by atoms with E-state index < -0.39 is 0 Å². The molecule has 0 aliphatic rings. The highest BCUT2D eigenvalue weighted by molar-refractivity contribution is 14.1. The molecule has 0 N–H and O–H groups in total. The molecule has 0 aliphatic heterocycles. The van der Waals surface area contributed by atoms with Gasteiger partial charge in [-0.3, -0.25) is 4.79 Å². The van der Waals surface area contributed by atoms with Gasteiger partial charge in [0.25, 0.3) is 0 Å². The highest BCUT2D eigenvalue weighted by Crippen LogP contribution is 2.26. The Labute approximate surface area is 129 Å². The molecule has 0 saturated heterocycles. The lowest BCUT2D eigenvalue weighted by atomic mass is 10.1. The molecule has 3 rings (SSSR count). The third kappa shape index (κ3) is 2.04. The first-order chi connectivity index (χ1) is 9.59. The molecule has 0 fully saturated rings. The summed E-state index contributed by atoms with van der Waals surface area (Å²) in [5, 5.41) is 0.699. The summed E-state index contributed by atoms with van der Waals surface area (Å²) in [5.74, 6) is -0.283. The van der Waals surface area contributed by atoms with Gasteiger partial charge in [-0.25, -0.2) is 4.39 Å². The van der Waals surface area contributed by atoms with Gasteiger partial charge in [0.2, 0.25) is 5.43 Å². The predicted molar refractivity (Wildman–Crippen MR) is 87.3 cm³/mol. The van der Waals surface area contributed by atoms with Crippen molar-refractivity contribution in [1.82, 2.24) is 4.57 Å². The van der Waals surface area contributed by atoms with Crippen LogP contribution in [0, 0.1) is 9.39 Å². The van der Waals surface area contributed by atoms with E-state index in [1.54, 1.807) is 12.1 Å². The van der Waals surface area contributed by atoms with Crippen molar-refractivity contribution in [2.45, 2.75) is 0 Å². The van der Waals surface area contributed by atoms with Crippen LogP contribution in [-0.4, -0.2) is 4.57 Å². The van der Waals surface area contributed by atoms with Crippen LogP contribution in [0.2, 0.25) is 0 Å². The van der Waals surface area contributed by atoms with Crippen molar-refractivity contribution < 1.29 is 4.39 Å². The summed E-state index contributed by atoms with van der Waals surface area (Å²) >= 11 is 2.06. The van der Waals surface area contributed by atoms with E-state index in [0.29, 0.717) is 8.96 Å². The van der Waals surface area contributed by atoms with E-state index in [1.807, 2.05) is 35.9 Å². The van der Waals surface area contributed by atoms with E-state index in [4.69, 9.17) is 0 Å². The van der Waals surface area contributed by atoms with Crippen LogP contribution in [0.25, 0.3) is 22.2 Å². The Morgan fingerprint density at radius 1 is 1.05 bits per heavy atom. The van der Waals surface area contributed by atoms with Crippen LogP contribution in [0.3, 0.4) is 0 Å². The molecule has 0 radical (unpaired) electrons. The molecule has 0 atom stereocenters. The zero-order valence-corrected chi connectivity index (χ0v) is 12.9. The number of benzene rings is 2. The lowest BCUT2D eigenvalue weighted by Gasteiger charge is -2.14. The first-order valence-electron chi connectivity index (χ1n) is 6.13. The molecule has 0 aliphatic carbocycles. The van der Waals surface area contributed by atoms with Gasteiger partial charge in [0.15, 0.2) is 0 Å². The molecule has 20 heavy (non-hydrogen) atoms. The lowest BCUT2D eigenvalue weighted by molar-refractivity contribution is 0.628. The van der Waals surface area contributed by atoms with Crippen LogP contribution in [-0.2, 0) is 7.05 Å². The summed E-state index contributed by atoms with van der Waals surface area (Å²) in [5.41, 5.74) is 2.53. The molecule has 0 saturated carbocycles. The largest absolute Gasteiger partial charge is 0.343 e. The Hall–Kier alpha value is -1.69. The number of nitrogens with zero attached hydrogens (tertiary/aromatic N) is 1. The van der Waals surface area contributed by atoms with E-state index in [1.165, 1.54) is 12.1 Å². The number of aromatic nitrogens is 1. The van der Waals surface area contributed by atoms with Gasteiger partial charge in [0.1, 0.15) is 5.82 Å². The van der Waals surface area contributed by atoms with Gasteiger partial charge < -0.3 is 4.57 Å². The molecule has 100 valence electrons. The standard InChI is InChI=1S/C16H11FINO/c1-19-13-5-3-2-4-12(13)16(20)14(18)15(19)10-6-8-11(17)9-7-10/h2-9H,1H3. The minimum absolute atomic E-state index is 0.0126. The van der Waals surface area contributed by atoms with Crippen LogP contribution in [0.4, 0.5) is 4.39 Å². The van der Waals surface area contributed by atoms with E-state index in [2.05, 4.69) is 22.6 Å². The smallest absolute Gasteiger partial charge is 0.203 e. The summed E-state index contributed by atoms with van der Waals surface area (Å²) in [7, 11) is 1.92. The summed E-state index contributed by atoms with van der Waals surface area (Å²) in [6.07, 6.45) is 0. The summed E-state index contributed by atoms with van der Waals surface area (Å²) in [4.78, 5) is 12.4. The second-order valence-electron chi connectivity index (χ2n) is 4.57. The van der Waals surface area contributed by atoms with Crippen LogP contribution in [0.1, 0.15) is 0 Å². The summed E-state index contributed by atoms with van der Waals surface area (Å²) < 4.78 is 15.7. The third-order valence-corrected chi connectivity index (χ3v) is 4.37. The number of para-hydroxylation sites is 1. The fraction of sp³-hybridized carbons (Fsp3) is 0.0625. The highest BCUT2D eigenvalue weighted by Gasteiger charge is 2.14. The monoisotopic (exact) mass is 379 g/mol. The van der Waals surface area contributed by atoms with Gasteiger partial charge in [-0.05, 0) is 64.6 Å². The van der Waals surface area contributed by atoms with Crippen molar-refractivity contribution in [1.29, 1.82) is 0 Å². The van der Waals surface area contributed by atoms with Crippen molar-refractivity contribution in [3.05, 3.63) is 68.1 Å². The molecule has 2 nitrogen and oxygen atoms in total. The van der Waals surface area contributed by atoms with Crippen LogP contribution >= 0.6 is 22.6 Å². The average Bonchev–Trinajstić information content (AvgIpc) is 2.47. The minimum atomic E-state index is -0.283. The SMILES string of the molecule is Cn1c(-c2ccc(F)cc2)c(I)c(=O)c2ccccc21. The van der Waals surface area contributed by atoms with E-state index in [0.717, 1.165) is 16.8 Å². The predicted octanol–water partition coefficient (Wildman–Crippen LogP) is 3.95. The highest BCUT2D eigenvalue weighted by atomic mass is 127. The Morgan fingerprint density at radius 3 is 2.40 bits per heavy atom. The van der Waals surface area contributed by atoms with Crippen LogP contribution in [0.5, 0.6) is 0 Å². The molecule has 1 heterocycles. The molecule has 3 aromatic rings. The maximum Gasteiger partial charge on any atom is 0.203 e. The van der Waals surface area contributed by atoms with Gasteiger partial charge in [-0.2, -0.15) is 0 Å². The number of fused-ring (bicyclic) bond motifs is 1. The minimum Gasteiger partial charge on any atom is -0.343 e. The number of rotatable bonds is 1. The fourth-order valence-electron chi connectivity index (χ4n) is 2.38.